The van der Waals surface area contributed by atoms with E-state index in [1.165, 1.54) is 11.1 Å². The number of anilines is 2. The molecule has 0 saturated heterocycles. The zero-order valence-corrected chi connectivity index (χ0v) is 11.9. The number of hydrogen-bond donors (Lipinski definition) is 2. The van der Waals surface area contributed by atoms with Gasteiger partial charge in [-0.1, -0.05) is 44.2 Å². The van der Waals surface area contributed by atoms with Gasteiger partial charge in [-0.25, -0.2) is 0 Å². The fourth-order valence-electron chi connectivity index (χ4n) is 2.06. The Morgan fingerprint density at radius 2 is 1.74 bits per heavy atom. The second-order valence-corrected chi connectivity index (χ2v) is 5.27. The van der Waals surface area contributed by atoms with E-state index in [-0.39, 0.29) is 0 Å². The fraction of sp³-hybridized carbons (Fsp3) is 0.294. The largest absolute Gasteiger partial charge is 0.398 e. The third-order valence-electron chi connectivity index (χ3n) is 3.51. The summed E-state index contributed by atoms with van der Waals surface area (Å²) in [6.07, 6.45) is 0. The van der Waals surface area contributed by atoms with E-state index in [1.54, 1.807) is 0 Å². The summed E-state index contributed by atoms with van der Waals surface area (Å²) in [5.74, 6) is 0.582. The molecule has 2 rings (SSSR count). The van der Waals surface area contributed by atoms with Crippen LogP contribution in [0.3, 0.4) is 0 Å². The van der Waals surface area contributed by atoms with Crippen LogP contribution in [0, 0.1) is 6.92 Å². The highest BCUT2D eigenvalue weighted by Gasteiger charge is 2.02. The summed E-state index contributed by atoms with van der Waals surface area (Å²) >= 11 is 0. The van der Waals surface area contributed by atoms with Crippen molar-refractivity contribution < 1.29 is 0 Å². The normalized spacial score (nSPS) is 10.7. The van der Waals surface area contributed by atoms with Crippen molar-refractivity contribution in [1.29, 1.82) is 0 Å². The van der Waals surface area contributed by atoms with Crippen molar-refractivity contribution in [2.75, 3.05) is 11.1 Å². The first-order chi connectivity index (χ1) is 9.08. The van der Waals surface area contributed by atoms with E-state index >= 15 is 0 Å². The van der Waals surface area contributed by atoms with Crippen LogP contribution in [-0.2, 0) is 6.54 Å². The first kappa shape index (κ1) is 13.5. The molecule has 19 heavy (non-hydrogen) atoms. The molecule has 0 heterocycles. The van der Waals surface area contributed by atoms with Crippen molar-refractivity contribution in [3.8, 4) is 0 Å². The Balaban J connectivity index is 2.04. The number of nitrogens with two attached hydrogens (primary N) is 1. The molecule has 0 bridgehead atoms. The highest BCUT2D eigenvalue weighted by molar-refractivity contribution is 5.62. The molecule has 0 spiro atoms. The third-order valence-corrected chi connectivity index (χ3v) is 3.51. The maximum absolute atomic E-state index is 5.90. The second-order valence-electron chi connectivity index (χ2n) is 5.27. The molecule has 100 valence electrons. The molecule has 0 aromatic heterocycles. The number of nitrogen functional groups attached to an aromatic ring is 1. The molecule has 0 saturated carbocycles. The Bertz CT molecular complexity index is 542. The Kier molecular flexibility index (Phi) is 4.10. The molecule has 0 aliphatic carbocycles. The van der Waals surface area contributed by atoms with Crippen molar-refractivity contribution in [3.05, 3.63) is 59.2 Å². The van der Waals surface area contributed by atoms with Gasteiger partial charge in [-0.05, 0) is 41.7 Å². The first-order valence-electron chi connectivity index (χ1n) is 6.75. The molecule has 0 fully saturated rings. The van der Waals surface area contributed by atoms with Crippen LogP contribution >= 0.6 is 0 Å². The third kappa shape index (κ3) is 3.28. The Morgan fingerprint density at radius 3 is 2.37 bits per heavy atom. The second kappa shape index (κ2) is 5.79. The van der Waals surface area contributed by atoms with Gasteiger partial charge in [0.15, 0.2) is 0 Å². The van der Waals surface area contributed by atoms with E-state index in [9.17, 15) is 0 Å². The SMILES string of the molecule is Cc1c(N)cccc1NCc1ccc(C(C)C)cc1. The molecular formula is C17H22N2. The van der Waals surface area contributed by atoms with Gasteiger partial charge in [0.25, 0.3) is 0 Å². The van der Waals surface area contributed by atoms with Crippen LogP contribution in [-0.4, -0.2) is 0 Å². The van der Waals surface area contributed by atoms with Crippen molar-refractivity contribution in [2.45, 2.75) is 33.2 Å². The molecule has 0 atom stereocenters. The van der Waals surface area contributed by atoms with Crippen LogP contribution in [0.4, 0.5) is 11.4 Å². The molecule has 0 aliphatic rings. The highest BCUT2D eigenvalue weighted by Crippen LogP contribution is 2.21. The van der Waals surface area contributed by atoms with Crippen LogP contribution in [0.25, 0.3) is 0 Å². The molecule has 0 aliphatic heterocycles. The molecule has 2 aromatic carbocycles. The zero-order valence-electron chi connectivity index (χ0n) is 11.9. The predicted octanol–water partition coefficient (Wildman–Crippen LogP) is 4.31. The van der Waals surface area contributed by atoms with Crippen LogP contribution in [0.5, 0.6) is 0 Å². The lowest BCUT2D eigenvalue weighted by atomic mass is 10.0. The van der Waals surface area contributed by atoms with Crippen LogP contribution < -0.4 is 11.1 Å². The summed E-state index contributed by atoms with van der Waals surface area (Å²) in [6.45, 7) is 7.29. The smallest absolute Gasteiger partial charge is 0.0400 e. The van der Waals surface area contributed by atoms with Gasteiger partial charge in [0.1, 0.15) is 0 Å². The number of rotatable bonds is 4. The molecule has 0 radical (unpaired) electrons. The number of benzene rings is 2. The van der Waals surface area contributed by atoms with E-state index in [2.05, 4.69) is 49.5 Å². The first-order valence-corrected chi connectivity index (χ1v) is 6.75. The average Bonchev–Trinajstić information content (AvgIpc) is 2.41. The molecule has 2 aromatic rings. The average molecular weight is 254 g/mol. The predicted molar refractivity (Wildman–Crippen MR) is 83.4 cm³/mol. The monoisotopic (exact) mass is 254 g/mol. The van der Waals surface area contributed by atoms with Gasteiger partial charge in [0, 0.05) is 17.9 Å². The van der Waals surface area contributed by atoms with Gasteiger partial charge in [0.05, 0.1) is 0 Å². The van der Waals surface area contributed by atoms with Gasteiger partial charge >= 0.3 is 0 Å². The van der Waals surface area contributed by atoms with Crippen LogP contribution in [0.1, 0.15) is 36.5 Å². The lowest BCUT2D eigenvalue weighted by molar-refractivity contribution is 0.865. The maximum Gasteiger partial charge on any atom is 0.0400 e. The Morgan fingerprint density at radius 1 is 1.05 bits per heavy atom. The number of nitrogens with one attached hydrogen (secondary N) is 1. The summed E-state index contributed by atoms with van der Waals surface area (Å²) < 4.78 is 0. The molecule has 3 N–H and O–H groups in total. The minimum atomic E-state index is 0.582. The Hall–Kier alpha value is -1.96. The Labute approximate surface area is 115 Å². The van der Waals surface area contributed by atoms with Crippen molar-refractivity contribution in [1.82, 2.24) is 0 Å². The van der Waals surface area contributed by atoms with E-state index in [0.29, 0.717) is 5.92 Å². The van der Waals surface area contributed by atoms with Gasteiger partial charge in [0.2, 0.25) is 0 Å². The molecule has 0 unspecified atom stereocenters. The van der Waals surface area contributed by atoms with Gasteiger partial charge in [-0.15, -0.1) is 0 Å². The lowest BCUT2D eigenvalue weighted by Gasteiger charge is -2.12. The van der Waals surface area contributed by atoms with Crippen LogP contribution in [0.2, 0.25) is 0 Å². The summed E-state index contributed by atoms with van der Waals surface area (Å²) in [5, 5.41) is 3.44. The van der Waals surface area contributed by atoms with E-state index in [0.717, 1.165) is 23.5 Å². The lowest BCUT2D eigenvalue weighted by Crippen LogP contribution is -2.02. The molecule has 2 nitrogen and oxygen atoms in total. The topological polar surface area (TPSA) is 38.0 Å². The van der Waals surface area contributed by atoms with E-state index in [4.69, 9.17) is 5.73 Å². The minimum absolute atomic E-state index is 0.582. The van der Waals surface area contributed by atoms with Gasteiger partial charge in [-0.2, -0.15) is 0 Å². The van der Waals surface area contributed by atoms with Crippen molar-refractivity contribution in [2.24, 2.45) is 0 Å². The molecular weight excluding hydrogens is 232 g/mol. The van der Waals surface area contributed by atoms with Crippen molar-refractivity contribution in [3.63, 3.8) is 0 Å². The van der Waals surface area contributed by atoms with E-state index < -0.39 is 0 Å². The van der Waals surface area contributed by atoms with Crippen LogP contribution in [0.15, 0.2) is 42.5 Å². The number of hydrogen-bond acceptors (Lipinski definition) is 2. The summed E-state index contributed by atoms with van der Waals surface area (Å²) in [6, 6.07) is 14.7. The van der Waals surface area contributed by atoms with Gasteiger partial charge in [-0.3, -0.25) is 0 Å². The molecule has 2 heteroatoms. The summed E-state index contributed by atoms with van der Waals surface area (Å²) in [4.78, 5) is 0. The van der Waals surface area contributed by atoms with Crippen molar-refractivity contribution >= 4 is 11.4 Å². The zero-order chi connectivity index (χ0) is 13.8. The fourth-order valence-corrected chi connectivity index (χ4v) is 2.06. The van der Waals surface area contributed by atoms with E-state index in [1.807, 2.05) is 19.1 Å². The van der Waals surface area contributed by atoms with Gasteiger partial charge < -0.3 is 11.1 Å². The maximum atomic E-state index is 5.90. The standard InChI is InChI=1S/C17H22N2/c1-12(2)15-9-7-14(8-10-15)11-19-17-6-4-5-16(18)13(17)3/h4-10,12,19H,11,18H2,1-3H3. The highest BCUT2D eigenvalue weighted by atomic mass is 14.9. The quantitative estimate of drug-likeness (QED) is 0.798. The summed E-state index contributed by atoms with van der Waals surface area (Å²) in [7, 11) is 0. The summed E-state index contributed by atoms with van der Waals surface area (Å²) in [5.41, 5.74) is 11.6. The minimum Gasteiger partial charge on any atom is -0.398 e. The molecule has 0 amide bonds.